The molecule has 1 aromatic rings. The fraction of sp³-hybridized carbons (Fsp3) is 0.579. The van der Waals surface area contributed by atoms with E-state index < -0.39 is 5.97 Å². The number of ether oxygens (including phenoxy) is 1. The fourth-order valence-corrected chi connectivity index (χ4v) is 3.88. The van der Waals surface area contributed by atoms with Gasteiger partial charge in [0.1, 0.15) is 0 Å². The number of rotatable bonds is 5. The molecule has 0 aliphatic carbocycles. The molecule has 136 valence electrons. The van der Waals surface area contributed by atoms with E-state index in [0.29, 0.717) is 32.1 Å². The second kappa shape index (κ2) is 7.87. The smallest absolute Gasteiger partial charge is 0.320 e. The predicted octanol–water partition coefficient (Wildman–Crippen LogP) is 2.41. The summed E-state index contributed by atoms with van der Waals surface area (Å²) in [5.74, 6) is -0.456. The highest BCUT2D eigenvalue weighted by atomic mass is 16.5. The minimum Gasteiger partial charge on any atom is -0.481 e. The average molecular weight is 346 g/mol. The molecule has 2 amide bonds. The first-order valence-corrected chi connectivity index (χ1v) is 8.92. The summed E-state index contributed by atoms with van der Waals surface area (Å²) in [4.78, 5) is 27.5. The van der Waals surface area contributed by atoms with Crippen LogP contribution in [0.25, 0.3) is 0 Å². The van der Waals surface area contributed by atoms with Crippen molar-refractivity contribution < 1.29 is 19.4 Å². The topological polar surface area (TPSA) is 70.1 Å². The number of carboxylic acid groups (broad SMARTS) is 1. The zero-order valence-electron chi connectivity index (χ0n) is 14.6. The molecule has 2 heterocycles. The Hall–Kier alpha value is -2.08. The van der Waals surface area contributed by atoms with E-state index in [1.54, 1.807) is 7.11 Å². The Bertz CT molecular complexity index is 593. The fourth-order valence-electron chi connectivity index (χ4n) is 3.88. The van der Waals surface area contributed by atoms with Gasteiger partial charge in [-0.2, -0.15) is 0 Å². The third-order valence-corrected chi connectivity index (χ3v) is 5.45. The van der Waals surface area contributed by atoms with Gasteiger partial charge in [-0.15, -0.1) is 0 Å². The van der Waals surface area contributed by atoms with Crippen LogP contribution < -0.4 is 0 Å². The minimum absolute atomic E-state index is 0.0119. The van der Waals surface area contributed by atoms with Crippen molar-refractivity contribution in [3.05, 3.63) is 35.9 Å². The standard InChI is InChI=1S/C19H26N2O4/c1-25-16-12-21(13-16)19(24)20-9-7-15(8-10-20)17(11-18(22)23)14-5-3-2-4-6-14/h2-6,15-17H,7-13H2,1H3,(H,22,23). The van der Waals surface area contributed by atoms with Gasteiger partial charge in [0.2, 0.25) is 0 Å². The highest BCUT2D eigenvalue weighted by Gasteiger charge is 2.36. The number of hydrogen-bond donors (Lipinski definition) is 1. The molecule has 1 N–H and O–H groups in total. The van der Waals surface area contributed by atoms with Crippen LogP contribution >= 0.6 is 0 Å². The highest BCUT2D eigenvalue weighted by molar-refractivity contribution is 5.75. The van der Waals surface area contributed by atoms with Crippen LogP contribution in [-0.2, 0) is 9.53 Å². The maximum Gasteiger partial charge on any atom is 0.320 e. The first-order chi connectivity index (χ1) is 12.1. The molecular weight excluding hydrogens is 320 g/mol. The summed E-state index contributed by atoms with van der Waals surface area (Å²) in [6.45, 7) is 2.73. The summed E-state index contributed by atoms with van der Waals surface area (Å²) in [5, 5.41) is 9.29. The maximum atomic E-state index is 12.5. The molecule has 0 bridgehead atoms. The van der Waals surface area contributed by atoms with E-state index >= 15 is 0 Å². The lowest BCUT2D eigenvalue weighted by atomic mass is 9.78. The molecule has 6 nitrogen and oxygen atoms in total. The average Bonchev–Trinajstić information content (AvgIpc) is 2.59. The summed E-state index contributed by atoms with van der Waals surface area (Å²) in [7, 11) is 1.67. The van der Waals surface area contributed by atoms with Crippen LogP contribution in [0.1, 0.15) is 30.7 Å². The number of amides is 2. The quantitative estimate of drug-likeness (QED) is 0.889. The van der Waals surface area contributed by atoms with Gasteiger partial charge >= 0.3 is 12.0 Å². The van der Waals surface area contributed by atoms with Gasteiger partial charge in [-0.3, -0.25) is 4.79 Å². The molecule has 0 spiro atoms. The van der Waals surface area contributed by atoms with Crippen molar-refractivity contribution >= 4 is 12.0 Å². The number of carboxylic acids is 1. The van der Waals surface area contributed by atoms with Gasteiger partial charge in [-0.05, 0) is 30.2 Å². The second-order valence-electron chi connectivity index (χ2n) is 6.98. The summed E-state index contributed by atoms with van der Waals surface area (Å²) < 4.78 is 5.22. The van der Waals surface area contributed by atoms with Crippen LogP contribution in [0.3, 0.4) is 0 Å². The lowest BCUT2D eigenvalue weighted by molar-refractivity contribution is -0.137. The van der Waals surface area contributed by atoms with Gasteiger partial charge in [-0.1, -0.05) is 30.3 Å². The third-order valence-electron chi connectivity index (χ3n) is 5.45. The number of carbonyl (C=O) groups is 2. The van der Waals surface area contributed by atoms with Gasteiger partial charge in [0.05, 0.1) is 25.6 Å². The molecule has 2 fully saturated rings. The molecule has 2 aliphatic heterocycles. The van der Waals surface area contributed by atoms with E-state index in [4.69, 9.17) is 4.74 Å². The highest BCUT2D eigenvalue weighted by Crippen LogP contribution is 2.35. The van der Waals surface area contributed by atoms with Gasteiger partial charge in [0, 0.05) is 20.2 Å². The number of aliphatic carboxylic acids is 1. The Morgan fingerprint density at radius 1 is 1.16 bits per heavy atom. The lowest BCUT2D eigenvalue weighted by Crippen LogP contribution is -2.59. The minimum atomic E-state index is -0.765. The summed E-state index contributed by atoms with van der Waals surface area (Å²) in [5.41, 5.74) is 1.08. The molecule has 0 radical (unpaired) electrons. The zero-order chi connectivity index (χ0) is 17.8. The maximum absolute atomic E-state index is 12.5. The first-order valence-electron chi connectivity index (χ1n) is 8.92. The van der Waals surface area contributed by atoms with E-state index in [2.05, 4.69) is 0 Å². The van der Waals surface area contributed by atoms with Crippen molar-refractivity contribution in [3.8, 4) is 0 Å². The van der Waals surface area contributed by atoms with Gasteiger partial charge in [-0.25, -0.2) is 4.79 Å². The number of piperidine rings is 1. The van der Waals surface area contributed by atoms with E-state index in [0.717, 1.165) is 18.4 Å². The van der Waals surface area contributed by atoms with E-state index in [1.165, 1.54) is 0 Å². The van der Waals surface area contributed by atoms with Crippen LogP contribution in [0.2, 0.25) is 0 Å². The zero-order valence-corrected chi connectivity index (χ0v) is 14.6. The van der Waals surface area contributed by atoms with Crippen LogP contribution in [0.4, 0.5) is 4.79 Å². The Morgan fingerprint density at radius 3 is 2.36 bits per heavy atom. The monoisotopic (exact) mass is 346 g/mol. The van der Waals surface area contributed by atoms with Crippen molar-refractivity contribution in [1.29, 1.82) is 0 Å². The van der Waals surface area contributed by atoms with Crippen molar-refractivity contribution in [2.45, 2.75) is 31.3 Å². The molecule has 1 unspecified atom stereocenters. The van der Waals surface area contributed by atoms with Crippen molar-refractivity contribution in [1.82, 2.24) is 9.80 Å². The van der Waals surface area contributed by atoms with Gasteiger partial charge < -0.3 is 19.6 Å². The van der Waals surface area contributed by atoms with Gasteiger partial charge in [0.25, 0.3) is 0 Å². The first kappa shape index (κ1) is 17.7. The molecular formula is C19H26N2O4. The van der Waals surface area contributed by atoms with E-state index in [9.17, 15) is 14.7 Å². The van der Waals surface area contributed by atoms with Crippen molar-refractivity contribution in [3.63, 3.8) is 0 Å². The molecule has 1 aromatic carbocycles. The number of nitrogens with zero attached hydrogens (tertiary/aromatic N) is 2. The Labute approximate surface area is 148 Å². The molecule has 2 aliphatic rings. The Morgan fingerprint density at radius 2 is 1.80 bits per heavy atom. The normalized spacial score (nSPS) is 20.2. The second-order valence-corrected chi connectivity index (χ2v) is 6.98. The number of hydrogen-bond acceptors (Lipinski definition) is 3. The molecule has 2 saturated heterocycles. The Balaban J connectivity index is 1.58. The molecule has 25 heavy (non-hydrogen) atoms. The van der Waals surface area contributed by atoms with Crippen molar-refractivity contribution in [2.24, 2.45) is 5.92 Å². The SMILES string of the molecule is COC1CN(C(=O)N2CCC(C(CC(=O)O)c3ccccc3)CC2)C1. The number of urea groups is 1. The number of carbonyl (C=O) groups excluding carboxylic acids is 1. The lowest BCUT2D eigenvalue weighted by Gasteiger charge is -2.43. The molecule has 6 heteroatoms. The summed E-state index contributed by atoms with van der Waals surface area (Å²) in [6.07, 6.45) is 2.00. The number of methoxy groups -OCH3 is 1. The van der Waals surface area contributed by atoms with Crippen LogP contribution in [0.5, 0.6) is 0 Å². The molecule has 0 aromatic heterocycles. The van der Waals surface area contributed by atoms with Crippen LogP contribution in [0.15, 0.2) is 30.3 Å². The number of likely N-dealkylation sites (tertiary alicyclic amines) is 2. The molecule has 0 saturated carbocycles. The molecule has 1 atom stereocenters. The third kappa shape index (κ3) is 4.12. The number of benzene rings is 1. The summed E-state index contributed by atoms with van der Waals surface area (Å²) >= 11 is 0. The van der Waals surface area contributed by atoms with Gasteiger partial charge in [0.15, 0.2) is 0 Å². The van der Waals surface area contributed by atoms with Crippen LogP contribution in [0, 0.1) is 5.92 Å². The van der Waals surface area contributed by atoms with Crippen molar-refractivity contribution in [2.75, 3.05) is 33.3 Å². The van der Waals surface area contributed by atoms with E-state index in [1.807, 2.05) is 40.1 Å². The summed E-state index contributed by atoms with van der Waals surface area (Å²) in [6, 6.07) is 9.97. The predicted molar refractivity (Wildman–Crippen MR) is 93.5 cm³/mol. The molecule has 3 rings (SSSR count). The largest absolute Gasteiger partial charge is 0.481 e. The van der Waals surface area contributed by atoms with E-state index in [-0.39, 0.29) is 24.5 Å². The van der Waals surface area contributed by atoms with Crippen LogP contribution in [-0.4, -0.2) is 66.3 Å². The Kier molecular flexibility index (Phi) is 5.58.